The van der Waals surface area contributed by atoms with Crippen LogP contribution in [0.25, 0.3) is 0 Å². The molecule has 106 valence electrons. The van der Waals surface area contributed by atoms with Crippen molar-refractivity contribution in [3.8, 4) is 0 Å². The fraction of sp³-hybridized carbons (Fsp3) is 0.312. The standard InChI is InChI=1S/C16H20N2O2/c1-12(2)18-9-3-4-15(18)16(20)17-10-13-5-7-14(11-19)8-6-13/h3-9,12,19H,10-11H2,1-2H3,(H,17,20). The first-order valence-electron chi connectivity index (χ1n) is 6.75. The predicted molar refractivity (Wildman–Crippen MR) is 78.4 cm³/mol. The second-order valence-corrected chi connectivity index (χ2v) is 5.05. The van der Waals surface area contributed by atoms with E-state index in [9.17, 15) is 4.79 Å². The van der Waals surface area contributed by atoms with Crippen LogP contribution in [0.1, 0.15) is 41.5 Å². The van der Waals surface area contributed by atoms with Crippen molar-refractivity contribution >= 4 is 5.91 Å². The summed E-state index contributed by atoms with van der Waals surface area (Å²) >= 11 is 0. The minimum absolute atomic E-state index is 0.0363. The Kier molecular flexibility index (Phi) is 4.58. The SMILES string of the molecule is CC(C)n1cccc1C(=O)NCc1ccc(CO)cc1. The maximum absolute atomic E-state index is 12.2. The van der Waals surface area contributed by atoms with E-state index in [1.807, 2.05) is 61.0 Å². The largest absolute Gasteiger partial charge is 0.392 e. The Morgan fingerprint density at radius 3 is 2.45 bits per heavy atom. The van der Waals surface area contributed by atoms with Crippen molar-refractivity contribution < 1.29 is 9.90 Å². The van der Waals surface area contributed by atoms with Crippen LogP contribution in [-0.4, -0.2) is 15.6 Å². The first kappa shape index (κ1) is 14.3. The highest BCUT2D eigenvalue weighted by molar-refractivity contribution is 5.92. The zero-order chi connectivity index (χ0) is 14.5. The molecule has 0 aliphatic carbocycles. The summed E-state index contributed by atoms with van der Waals surface area (Å²) in [6.07, 6.45) is 1.91. The number of carbonyl (C=O) groups is 1. The zero-order valence-electron chi connectivity index (χ0n) is 11.8. The molecular weight excluding hydrogens is 252 g/mol. The van der Waals surface area contributed by atoms with Crippen LogP contribution in [0, 0.1) is 0 Å². The lowest BCUT2D eigenvalue weighted by atomic mass is 10.1. The van der Waals surface area contributed by atoms with Crippen LogP contribution < -0.4 is 5.32 Å². The Labute approximate surface area is 119 Å². The number of aliphatic hydroxyl groups excluding tert-OH is 1. The number of amides is 1. The van der Waals surface area contributed by atoms with Gasteiger partial charge in [-0.1, -0.05) is 24.3 Å². The van der Waals surface area contributed by atoms with Crippen LogP contribution in [0.2, 0.25) is 0 Å². The molecule has 0 unspecified atom stereocenters. The molecule has 4 nitrogen and oxygen atoms in total. The molecule has 0 aliphatic rings. The smallest absolute Gasteiger partial charge is 0.268 e. The lowest BCUT2D eigenvalue weighted by Gasteiger charge is -2.13. The molecule has 4 heteroatoms. The molecule has 2 aromatic rings. The highest BCUT2D eigenvalue weighted by atomic mass is 16.3. The summed E-state index contributed by atoms with van der Waals surface area (Å²) < 4.78 is 1.95. The van der Waals surface area contributed by atoms with Gasteiger partial charge < -0.3 is 15.0 Å². The predicted octanol–water partition coefficient (Wildman–Crippen LogP) is 2.49. The van der Waals surface area contributed by atoms with E-state index in [-0.39, 0.29) is 18.6 Å². The first-order valence-corrected chi connectivity index (χ1v) is 6.75. The van der Waals surface area contributed by atoms with Gasteiger partial charge in [-0.05, 0) is 37.1 Å². The number of nitrogens with zero attached hydrogens (tertiary/aromatic N) is 1. The molecule has 2 rings (SSSR count). The van der Waals surface area contributed by atoms with Gasteiger partial charge in [0.05, 0.1) is 6.61 Å². The molecule has 1 aromatic heterocycles. The molecule has 0 aliphatic heterocycles. The van der Waals surface area contributed by atoms with Crippen molar-refractivity contribution in [2.45, 2.75) is 33.0 Å². The normalized spacial score (nSPS) is 10.8. The van der Waals surface area contributed by atoms with Crippen LogP contribution in [0.5, 0.6) is 0 Å². The third-order valence-electron chi connectivity index (χ3n) is 3.23. The molecule has 2 N–H and O–H groups in total. The molecule has 1 amide bonds. The lowest BCUT2D eigenvalue weighted by molar-refractivity contribution is 0.0940. The van der Waals surface area contributed by atoms with E-state index in [1.165, 1.54) is 0 Å². The number of hydrogen-bond donors (Lipinski definition) is 2. The molecule has 20 heavy (non-hydrogen) atoms. The third-order valence-corrected chi connectivity index (χ3v) is 3.23. The molecule has 0 fully saturated rings. The van der Waals surface area contributed by atoms with Gasteiger partial charge in [0.25, 0.3) is 5.91 Å². The van der Waals surface area contributed by atoms with Crippen molar-refractivity contribution in [3.05, 3.63) is 59.4 Å². The van der Waals surface area contributed by atoms with Crippen LogP contribution in [0.3, 0.4) is 0 Å². The summed E-state index contributed by atoms with van der Waals surface area (Å²) in [5.41, 5.74) is 2.55. The molecule has 1 aromatic carbocycles. The molecule has 0 saturated heterocycles. The van der Waals surface area contributed by atoms with Crippen molar-refractivity contribution in [3.63, 3.8) is 0 Å². The summed E-state index contributed by atoms with van der Waals surface area (Å²) in [4.78, 5) is 12.2. The number of aliphatic hydroxyl groups is 1. The maximum atomic E-state index is 12.2. The number of nitrogens with one attached hydrogen (secondary N) is 1. The molecule has 0 saturated carbocycles. The highest BCUT2D eigenvalue weighted by Crippen LogP contribution is 2.11. The van der Waals surface area contributed by atoms with E-state index in [1.54, 1.807) is 0 Å². The van der Waals surface area contributed by atoms with E-state index in [0.717, 1.165) is 11.1 Å². The number of rotatable bonds is 5. The Bertz CT molecular complexity index is 570. The van der Waals surface area contributed by atoms with Crippen LogP contribution in [0.15, 0.2) is 42.6 Å². The number of aromatic nitrogens is 1. The summed E-state index contributed by atoms with van der Waals surface area (Å²) in [5, 5.41) is 11.9. The Morgan fingerprint density at radius 1 is 1.20 bits per heavy atom. The third kappa shape index (κ3) is 3.27. The van der Waals surface area contributed by atoms with Gasteiger partial charge in [-0.15, -0.1) is 0 Å². The summed E-state index contributed by atoms with van der Waals surface area (Å²) in [5.74, 6) is -0.0741. The molecule has 0 radical (unpaired) electrons. The molecular formula is C16H20N2O2. The van der Waals surface area contributed by atoms with Gasteiger partial charge in [-0.2, -0.15) is 0 Å². The number of benzene rings is 1. The van der Waals surface area contributed by atoms with Gasteiger partial charge in [-0.25, -0.2) is 0 Å². The monoisotopic (exact) mass is 272 g/mol. The quantitative estimate of drug-likeness (QED) is 0.878. The number of hydrogen-bond acceptors (Lipinski definition) is 2. The molecule has 0 bridgehead atoms. The van der Waals surface area contributed by atoms with Gasteiger partial charge in [0.2, 0.25) is 0 Å². The van der Waals surface area contributed by atoms with Crippen molar-refractivity contribution in [2.75, 3.05) is 0 Å². The van der Waals surface area contributed by atoms with E-state index >= 15 is 0 Å². The summed E-state index contributed by atoms with van der Waals surface area (Å²) in [6.45, 7) is 4.61. The molecule has 1 heterocycles. The lowest BCUT2D eigenvalue weighted by Crippen LogP contribution is -2.25. The van der Waals surface area contributed by atoms with Gasteiger partial charge in [0.1, 0.15) is 5.69 Å². The molecule has 0 atom stereocenters. The Balaban J connectivity index is 1.99. The van der Waals surface area contributed by atoms with Gasteiger partial charge in [0.15, 0.2) is 0 Å². The van der Waals surface area contributed by atoms with Crippen LogP contribution in [-0.2, 0) is 13.2 Å². The van der Waals surface area contributed by atoms with Crippen molar-refractivity contribution in [1.29, 1.82) is 0 Å². The Hall–Kier alpha value is -2.07. The van der Waals surface area contributed by atoms with E-state index in [4.69, 9.17) is 5.11 Å². The fourth-order valence-electron chi connectivity index (χ4n) is 2.07. The second kappa shape index (κ2) is 6.39. The average Bonchev–Trinajstić information content (AvgIpc) is 2.95. The van der Waals surface area contributed by atoms with Crippen LogP contribution >= 0.6 is 0 Å². The van der Waals surface area contributed by atoms with E-state index < -0.39 is 0 Å². The average molecular weight is 272 g/mol. The number of carbonyl (C=O) groups excluding carboxylic acids is 1. The molecule has 0 spiro atoms. The minimum Gasteiger partial charge on any atom is -0.392 e. The Morgan fingerprint density at radius 2 is 1.85 bits per heavy atom. The summed E-state index contributed by atoms with van der Waals surface area (Å²) in [6, 6.07) is 11.5. The topological polar surface area (TPSA) is 54.3 Å². The maximum Gasteiger partial charge on any atom is 0.268 e. The second-order valence-electron chi connectivity index (χ2n) is 5.05. The zero-order valence-corrected chi connectivity index (χ0v) is 11.8. The van der Waals surface area contributed by atoms with E-state index in [2.05, 4.69) is 5.32 Å². The van der Waals surface area contributed by atoms with Crippen molar-refractivity contribution in [1.82, 2.24) is 9.88 Å². The fourth-order valence-corrected chi connectivity index (χ4v) is 2.07. The van der Waals surface area contributed by atoms with Gasteiger partial charge >= 0.3 is 0 Å². The van der Waals surface area contributed by atoms with Crippen LogP contribution in [0.4, 0.5) is 0 Å². The summed E-state index contributed by atoms with van der Waals surface area (Å²) in [7, 11) is 0. The van der Waals surface area contributed by atoms with Gasteiger partial charge in [0, 0.05) is 18.8 Å². The highest BCUT2D eigenvalue weighted by Gasteiger charge is 2.11. The van der Waals surface area contributed by atoms with Gasteiger partial charge in [-0.3, -0.25) is 4.79 Å². The first-order chi connectivity index (χ1) is 9.61. The van der Waals surface area contributed by atoms with E-state index in [0.29, 0.717) is 12.2 Å². The van der Waals surface area contributed by atoms with Crippen molar-refractivity contribution in [2.24, 2.45) is 0 Å². The minimum atomic E-state index is -0.0741.